The first-order valence-corrected chi connectivity index (χ1v) is 17.2. The van der Waals surface area contributed by atoms with E-state index in [1.165, 1.54) is 0 Å². The van der Waals surface area contributed by atoms with Gasteiger partial charge in [-0.2, -0.15) is 13.2 Å². The van der Waals surface area contributed by atoms with Crippen LogP contribution < -0.4 is 4.90 Å². The van der Waals surface area contributed by atoms with Crippen molar-refractivity contribution < 1.29 is 31.4 Å². The summed E-state index contributed by atoms with van der Waals surface area (Å²) in [5.41, 5.74) is 2.54. The molecule has 258 valence electrons. The van der Waals surface area contributed by atoms with E-state index in [-0.39, 0.29) is 48.1 Å². The van der Waals surface area contributed by atoms with Crippen LogP contribution in [0.25, 0.3) is 0 Å². The second-order valence-corrected chi connectivity index (χ2v) is 15.2. The number of nitrogens with zero attached hydrogens (tertiary/aromatic N) is 4. The van der Waals surface area contributed by atoms with Gasteiger partial charge in [-0.15, -0.1) is 0 Å². The fraction of sp³-hybridized carbons (Fsp3) is 0.595. The Hall–Kier alpha value is -3.21. The highest BCUT2D eigenvalue weighted by Gasteiger charge is 2.44. The van der Waals surface area contributed by atoms with E-state index in [1.54, 1.807) is 0 Å². The van der Waals surface area contributed by atoms with E-state index in [9.17, 15) is 27.1 Å². The van der Waals surface area contributed by atoms with Crippen LogP contribution in [-0.2, 0) is 12.6 Å². The van der Waals surface area contributed by atoms with E-state index >= 15 is 4.39 Å². The number of rotatable bonds is 6. The Labute approximate surface area is 277 Å². The maximum absolute atomic E-state index is 17.2. The Kier molecular flexibility index (Phi) is 8.52. The molecule has 1 saturated heterocycles. The van der Waals surface area contributed by atoms with Crippen molar-refractivity contribution in [1.82, 2.24) is 15.0 Å². The lowest BCUT2D eigenvalue weighted by Gasteiger charge is -2.41. The molecule has 2 saturated carbocycles. The molecule has 3 heterocycles. The number of hydrogen-bond donors (Lipinski definition) is 1. The number of fused-ring (bicyclic) bond motifs is 1. The van der Waals surface area contributed by atoms with Crippen LogP contribution in [0.3, 0.4) is 0 Å². The van der Waals surface area contributed by atoms with Gasteiger partial charge in [0, 0.05) is 61.1 Å². The van der Waals surface area contributed by atoms with E-state index < -0.39 is 35.9 Å². The third kappa shape index (κ3) is 6.68. The highest BCUT2D eigenvalue weighted by molar-refractivity contribution is 5.51. The van der Waals surface area contributed by atoms with Gasteiger partial charge in [0.05, 0.1) is 17.4 Å². The van der Waals surface area contributed by atoms with Crippen molar-refractivity contribution in [2.45, 2.75) is 120 Å². The molecule has 11 heteroatoms. The molecule has 1 unspecified atom stereocenters. The minimum atomic E-state index is -4.58. The summed E-state index contributed by atoms with van der Waals surface area (Å²) in [5, 5.41) is 11.6. The summed E-state index contributed by atoms with van der Waals surface area (Å²) in [6.07, 6.45) is 0.435. The minimum Gasteiger partial charge on any atom is -0.388 e. The lowest BCUT2D eigenvalue weighted by Crippen LogP contribution is -2.36. The van der Waals surface area contributed by atoms with Gasteiger partial charge in [0.15, 0.2) is 6.17 Å². The fourth-order valence-electron chi connectivity index (χ4n) is 8.19. The smallest absolute Gasteiger partial charge is 0.388 e. The van der Waals surface area contributed by atoms with Gasteiger partial charge in [0.25, 0.3) is 0 Å². The van der Waals surface area contributed by atoms with Crippen molar-refractivity contribution in [2.75, 3.05) is 18.0 Å². The monoisotopic (exact) mass is 672 g/mol. The van der Waals surface area contributed by atoms with Gasteiger partial charge in [0.2, 0.25) is 11.9 Å². The van der Waals surface area contributed by atoms with Gasteiger partial charge >= 0.3 is 6.18 Å². The molecule has 7 rings (SSSR count). The van der Waals surface area contributed by atoms with Gasteiger partial charge < -0.3 is 10.0 Å². The van der Waals surface area contributed by atoms with Crippen LogP contribution in [0, 0.1) is 5.41 Å². The van der Waals surface area contributed by atoms with Crippen molar-refractivity contribution >= 4 is 5.95 Å². The Balaban J connectivity index is 1.30. The number of pyridine rings is 1. The predicted octanol–water partition coefficient (Wildman–Crippen LogP) is 9.51. The highest BCUT2D eigenvalue weighted by Crippen LogP contribution is 2.52. The summed E-state index contributed by atoms with van der Waals surface area (Å²) in [6, 6.07) is 4.05. The van der Waals surface area contributed by atoms with E-state index in [1.807, 2.05) is 26.2 Å². The number of benzene rings is 1. The minimum absolute atomic E-state index is 0.0422. The molecule has 4 aliphatic rings. The molecular weight excluding hydrogens is 630 g/mol. The maximum atomic E-state index is 17.2. The molecule has 1 N–H and O–H groups in total. The molecule has 0 bridgehead atoms. The average Bonchev–Trinajstić information content (AvgIpc) is 3.89. The molecule has 3 aliphatic carbocycles. The number of piperidine rings is 1. The summed E-state index contributed by atoms with van der Waals surface area (Å²) < 4.78 is 86.3. The van der Waals surface area contributed by atoms with Crippen molar-refractivity contribution in [3.8, 4) is 0 Å². The largest absolute Gasteiger partial charge is 0.416 e. The molecule has 5 nitrogen and oxygen atoms in total. The Morgan fingerprint density at radius 2 is 1.48 bits per heavy atom. The van der Waals surface area contributed by atoms with Gasteiger partial charge in [-0.25, -0.2) is 23.1 Å². The van der Waals surface area contributed by atoms with Crippen LogP contribution in [0.5, 0.6) is 0 Å². The SMILES string of the molecule is CC1(C)Cc2nc(C3CCN(c4ncc(C5CC5)cn4)CC3)c(C(F)c3ccc(C(F)(F)F)cc3)c(C3CCC(F)(F)CC3)c2[C@@H](O)C1. The zero-order chi connectivity index (χ0) is 34.0. The average molecular weight is 673 g/mol. The standard InChI is InChI=1S/C37H42F6N4O/c1-35(2)17-27-30(28(48)18-35)29(22-9-13-36(39,40)14-10-22)31(32(38)23-5-7-26(8-6-23)37(41,42)43)33(46-27)24-11-15-47(16-12-24)34-44-19-25(20-45-34)21-3-4-21/h5-8,19-22,24,28,32,48H,3-4,9-18H2,1-2H3/t28-,32?/m0/s1. The third-order valence-electron chi connectivity index (χ3n) is 10.9. The first-order valence-electron chi connectivity index (χ1n) is 17.2. The van der Waals surface area contributed by atoms with Crippen LogP contribution in [0.1, 0.15) is 146 Å². The second-order valence-electron chi connectivity index (χ2n) is 15.2. The van der Waals surface area contributed by atoms with Crippen molar-refractivity contribution in [3.05, 3.63) is 81.4 Å². The van der Waals surface area contributed by atoms with Crippen molar-refractivity contribution in [1.29, 1.82) is 0 Å². The summed E-state index contributed by atoms with van der Waals surface area (Å²) in [5.74, 6) is -2.26. The van der Waals surface area contributed by atoms with Gasteiger partial charge in [-0.1, -0.05) is 26.0 Å². The molecule has 48 heavy (non-hydrogen) atoms. The van der Waals surface area contributed by atoms with Crippen molar-refractivity contribution in [3.63, 3.8) is 0 Å². The van der Waals surface area contributed by atoms with Gasteiger partial charge in [-0.05, 0) is 97.4 Å². The number of aromatic nitrogens is 3. The fourth-order valence-corrected chi connectivity index (χ4v) is 8.19. The lowest BCUT2D eigenvalue weighted by molar-refractivity contribution is -0.137. The van der Waals surface area contributed by atoms with Gasteiger partial charge in [0.1, 0.15) is 0 Å². The van der Waals surface area contributed by atoms with E-state index in [0.717, 1.165) is 42.7 Å². The first-order chi connectivity index (χ1) is 22.7. The molecule has 1 aliphatic heterocycles. The first kappa shape index (κ1) is 33.3. The molecular formula is C37H42F6N4O. The summed E-state index contributed by atoms with van der Waals surface area (Å²) in [4.78, 5) is 16.5. The van der Waals surface area contributed by atoms with Crippen LogP contribution in [0.15, 0.2) is 36.7 Å². The summed E-state index contributed by atoms with van der Waals surface area (Å²) in [6.45, 7) is 5.29. The highest BCUT2D eigenvalue weighted by atomic mass is 19.4. The number of alkyl halides is 6. The van der Waals surface area contributed by atoms with E-state index in [4.69, 9.17) is 4.98 Å². The van der Waals surface area contributed by atoms with Gasteiger partial charge in [-0.3, -0.25) is 4.98 Å². The van der Waals surface area contributed by atoms with Crippen LogP contribution >= 0.6 is 0 Å². The Morgan fingerprint density at radius 3 is 2.06 bits per heavy atom. The molecule has 0 radical (unpaired) electrons. The van der Waals surface area contributed by atoms with Crippen LogP contribution in [0.2, 0.25) is 0 Å². The molecule has 2 atom stereocenters. The molecule has 3 fully saturated rings. The number of aliphatic hydroxyl groups excluding tert-OH is 1. The summed E-state index contributed by atoms with van der Waals surface area (Å²) in [7, 11) is 0. The van der Waals surface area contributed by atoms with E-state index in [0.29, 0.717) is 73.2 Å². The predicted molar refractivity (Wildman–Crippen MR) is 170 cm³/mol. The number of aliphatic hydroxyl groups is 1. The zero-order valence-electron chi connectivity index (χ0n) is 27.3. The molecule has 3 aromatic rings. The Bertz CT molecular complexity index is 1620. The summed E-state index contributed by atoms with van der Waals surface area (Å²) >= 11 is 0. The number of hydrogen-bond acceptors (Lipinski definition) is 5. The topological polar surface area (TPSA) is 62.1 Å². The van der Waals surface area contributed by atoms with Crippen LogP contribution in [0.4, 0.5) is 32.3 Å². The molecule has 1 aromatic carbocycles. The van der Waals surface area contributed by atoms with E-state index in [2.05, 4.69) is 14.9 Å². The maximum Gasteiger partial charge on any atom is 0.416 e. The normalized spacial score (nSPS) is 23.9. The Morgan fingerprint density at radius 1 is 0.854 bits per heavy atom. The quantitative estimate of drug-likeness (QED) is 0.265. The second kappa shape index (κ2) is 12.3. The zero-order valence-corrected chi connectivity index (χ0v) is 27.3. The number of anilines is 1. The van der Waals surface area contributed by atoms with Crippen molar-refractivity contribution in [2.24, 2.45) is 5.41 Å². The van der Waals surface area contributed by atoms with Crippen LogP contribution in [-0.4, -0.2) is 39.1 Å². The molecule has 0 amide bonds. The number of halogens is 6. The third-order valence-corrected chi connectivity index (χ3v) is 10.9. The lowest BCUT2D eigenvalue weighted by atomic mass is 9.68. The molecule has 0 spiro atoms. The molecule has 2 aromatic heterocycles.